The molecular weight excluding hydrogens is 172 g/mol. The summed E-state index contributed by atoms with van der Waals surface area (Å²) in [5.74, 6) is 0. The van der Waals surface area contributed by atoms with Crippen molar-refractivity contribution >= 4 is 22.1 Å². The van der Waals surface area contributed by atoms with Crippen LogP contribution in [0.4, 0.5) is 11.4 Å². The van der Waals surface area contributed by atoms with Gasteiger partial charge in [-0.25, -0.2) is 0 Å². The quantitative estimate of drug-likeness (QED) is 0.621. The van der Waals surface area contributed by atoms with Gasteiger partial charge in [0.15, 0.2) is 0 Å². The number of nitrogens with two attached hydrogens (primary N) is 2. The van der Waals surface area contributed by atoms with E-state index in [2.05, 4.69) is 13.0 Å². The predicted molar refractivity (Wildman–Crippen MR) is 62.2 cm³/mol. The molecule has 72 valence electrons. The lowest BCUT2D eigenvalue weighted by Gasteiger charge is -2.10. The van der Waals surface area contributed by atoms with Crippen molar-refractivity contribution in [3.63, 3.8) is 0 Å². The molecule has 0 fully saturated rings. The molecule has 0 atom stereocenters. The topological polar surface area (TPSA) is 52.0 Å². The van der Waals surface area contributed by atoms with Gasteiger partial charge in [0.25, 0.3) is 0 Å². The number of aryl methyl sites for hydroxylation is 1. The van der Waals surface area contributed by atoms with Crippen molar-refractivity contribution in [2.75, 3.05) is 11.5 Å². The second-order valence-corrected chi connectivity index (χ2v) is 3.67. The highest BCUT2D eigenvalue weighted by molar-refractivity contribution is 6.01. The fraction of sp³-hybridized carbons (Fsp3) is 0.167. The average Bonchev–Trinajstić information content (AvgIpc) is 2.17. The predicted octanol–water partition coefficient (Wildman–Crippen LogP) is 2.62. The van der Waals surface area contributed by atoms with E-state index < -0.39 is 0 Å². The fourth-order valence-electron chi connectivity index (χ4n) is 1.72. The third kappa shape index (κ3) is 1.11. The molecule has 0 radical (unpaired) electrons. The van der Waals surface area contributed by atoms with Crippen LogP contribution in [0.5, 0.6) is 0 Å². The smallest absolute Gasteiger partial charge is 0.0426 e. The van der Waals surface area contributed by atoms with Crippen molar-refractivity contribution < 1.29 is 0 Å². The van der Waals surface area contributed by atoms with Gasteiger partial charge in [-0.15, -0.1) is 0 Å². The van der Waals surface area contributed by atoms with Crippen LogP contribution >= 0.6 is 0 Å². The molecule has 4 N–H and O–H groups in total. The average molecular weight is 186 g/mol. The van der Waals surface area contributed by atoms with Crippen molar-refractivity contribution in [2.45, 2.75) is 13.8 Å². The normalized spacial score (nSPS) is 10.7. The van der Waals surface area contributed by atoms with E-state index in [0.29, 0.717) is 0 Å². The number of hydrogen-bond donors (Lipinski definition) is 2. The molecule has 0 amide bonds. The molecular formula is C12H14N2. The van der Waals surface area contributed by atoms with Gasteiger partial charge in [0.2, 0.25) is 0 Å². The number of rotatable bonds is 0. The molecule has 0 aliphatic carbocycles. The summed E-state index contributed by atoms with van der Waals surface area (Å²) in [7, 11) is 0. The van der Waals surface area contributed by atoms with Crippen LogP contribution in [0.15, 0.2) is 24.3 Å². The van der Waals surface area contributed by atoms with E-state index in [0.717, 1.165) is 27.7 Å². The monoisotopic (exact) mass is 186 g/mol. The molecule has 0 aromatic heterocycles. The number of benzene rings is 2. The van der Waals surface area contributed by atoms with E-state index in [1.54, 1.807) is 0 Å². The lowest BCUT2D eigenvalue weighted by Crippen LogP contribution is -1.96. The first-order valence-electron chi connectivity index (χ1n) is 4.65. The van der Waals surface area contributed by atoms with E-state index in [-0.39, 0.29) is 0 Å². The first-order chi connectivity index (χ1) is 6.61. The third-order valence-corrected chi connectivity index (χ3v) is 2.79. The SMILES string of the molecule is Cc1cc2c(N)cccc2c(N)c1C. The summed E-state index contributed by atoms with van der Waals surface area (Å²) in [6.45, 7) is 4.09. The Morgan fingerprint density at radius 1 is 1.00 bits per heavy atom. The number of fused-ring (bicyclic) bond motifs is 1. The van der Waals surface area contributed by atoms with Crippen molar-refractivity contribution in [3.05, 3.63) is 35.4 Å². The van der Waals surface area contributed by atoms with Gasteiger partial charge in [-0.1, -0.05) is 12.1 Å². The van der Waals surface area contributed by atoms with Crippen LogP contribution in [0.25, 0.3) is 10.8 Å². The molecule has 2 aromatic carbocycles. The molecule has 2 heteroatoms. The second-order valence-electron chi connectivity index (χ2n) is 3.67. The summed E-state index contributed by atoms with van der Waals surface area (Å²) in [6.07, 6.45) is 0. The Bertz CT molecular complexity index is 501. The molecule has 2 rings (SSSR count). The van der Waals surface area contributed by atoms with Gasteiger partial charge in [0, 0.05) is 22.1 Å². The summed E-state index contributed by atoms with van der Waals surface area (Å²) in [4.78, 5) is 0. The van der Waals surface area contributed by atoms with Gasteiger partial charge in [-0.05, 0) is 37.1 Å². The van der Waals surface area contributed by atoms with Gasteiger partial charge in [0.1, 0.15) is 0 Å². The van der Waals surface area contributed by atoms with E-state index in [4.69, 9.17) is 11.5 Å². The van der Waals surface area contributed by atoms with E-state index >= 15 is 0 Å². The largest absolute Gasteiger partial charge is 0.398 e. The second kappa shape index (κ2) is 2.91. The summed E-state index contributed by atoms with van der Waals surface area (Å²) >= 11 is 0. The minimum absolute atomic E-state index is 0.789. The van der Waals surface area contributed by atoms with Crippen LogP contribution in [0, 0.1) is 13.8 Å². The third-order valence-electron chi connectivity index (χ3n) is 2.79. The van der Waals surface area contributed by atoms with Crippen LogP contribution in [-0.2, 0) is 0 Å². The zero-order valence-corrected chi connectivity index (χ0v) is 8.46. The molecule has 0 spiro atoms. The van der Waals surface area contributed by atoms with Crippen molar-refractivity contribution in [2.24, 2.45) is 0 Å². The Hall–Kier alpha value is -1.70. The number of anilines is 2. The fourth-order valence-corrected chi connectivity index (χ4v) is 1.72. The molecule has 0 heterocycles. The highest BCUT2D eigenvalue weighted by atomic mass is 14.6. The molecule has 0 aliphatic heterocycles. The molecule has 0 unspecified atom stereocenters. The Labute approximate surface area is 83.5 Å². The molecule has 2 aromatic rings. The Balaban J connectivity index is 2.98. The minimum Gasteiger partial charge on any atom is -0.398 e. The van der Waals surface area contributed by atoms with Crippen LogP contribution < -0.4 is 11.5 Å². The first-order valence-corrected chi connectivity index (χ1v) is 4.65. The van der Waals surface area contributed by atoms with Gasteiger partial charge in [-0.2, -0.15) is 0 Å². The van der Waals surface area contributed by atoms with E-state index in [9.17, 15) is 0 Å². The summed E-state index contributed by atoms with van der Waals surface area (Å²) in [5.41, 5.74) is 15.9. The highest BCUT2D eigenvalue weighted by Crippen LogP contribution is 2.30. The van der Waals surface area contributed by atoms with Crippen LogP contribution in [-0.4, -0.2) is 0 Å². The van der Waals surface area contributed by atoms with Gasteiger partial charge in [-0.3, -0.25) is 0 Å². The van der Waals surface area contributed by atoms with Crippen molar-refractivity contribution in [1.29, 1.82) is 0 Å². The zero-order chi connectivity index (χ0) is 10.3. The number of hydrogen-bond acceptors (Lipinski definition) is 2. The summed E-state index contributed by atoms with van der Waals surface area (Å²) in [5, 5.41) is 2.10. The maximum atomic E-state index is 6.03. The molecule has 14 heavy (non-hydrogen) atoms. The van der Waals surface area contributed by atoms with Crippen molar-refractivity contribution in [1.82, 2.24) is 0 Å². The standard InChI is InChI=1S/C12H14N2/c1-7-6-10-9(12(14)8(7)2)4-3-5-11(10)13/h3-6H,13-14H2,1-2H3. The molecule has 0 saturated heterocycles. The van der Waals surface area contributed by atoms with Gasteiger partial charge < -0.3 is 11.5 Å². The van der Waals surface area contributed by atoms with E-state index in [1.165, 1.54) is 5.56 Å². The Morgan fingerprint density at radius 2 is 1.71 bits per heavy atom. The lowest BCUT2D eigenvalue weighted by molar-refractivity contribution is 1.37. The lowest BCUT2D eigenvalue weighted by atomic mass is 9.99. The van der Waals surface area contributed by atoms with Crippen LogP contribution in [0.3, 0.4) is 0 Å². The minimum atomic E-state index is 0.789. The molecule has 2 nitrogen and oxygen atoms in total. The zero-order valence-electron chi connectivity index (χ0n) is 8.46. The molecule has 0 bridgehead atoms. The maximum Gasteiger partial charge on any atom is 0.0426 e. The Kier molecular flexibility index (Phi) is 1.84. The van der Waals surface area contributed by atoms with Crippen LogP contribution in [0.2, 0.25) is 0 Å². The highest BCUT2D eigenvalue weighted by Gasteiger charge is 2.05. The number of nitrogen functional groups attached to an aromatic ring is 2. The van der Waals surface area contributed by atoms with Crippen molar-refractivity contribution in [3.8, 4) is 0 Å². The Morgan fingerprint density at radius 3 is 2.43 bits per heavy atom. The van der Waals surface area contributed by atoms with Crippen LogP contribution in [0.1, 0.15) is 11.1 Å². The molecule has 0 saturated carbocycles. The van der Waals surface area contributed by atoms with E-state index in [1.807, 2.05) is 25.1 Å². The summed E-state index contributed by atoms with van der Waals surface area (Å²) in [6, 6.07) is 7.93. The summed E-state index contributed by atoms with van der Waals surface area (Å²) < 4.78 is 0. The van der Waals surface area contributed by atoms with Gasteiger partial charge >= 0.3 is 0 Å². The molecule has 0 aliphatic rings. The maximum absolute atomic E-state index is 6.03. The van der Waals surface area contributed by atoms with Gasteiger partial charge in [0.05, 0.1) is 0 Å². The first kappa shape index (κ1) is 8.88.